The molecule has 0 unspecified atom stereocenters. The molecule has 0 spiro atoms. The molecule has 2 aromatic carbocycles. The highest BCUT2D eigenvalue weighted by Gasteiger charge is 2.39. The molecule has 0 aliphatic heterocycles. The van der Waals surface area contributed by atoms with E-state index in [9.17, 15) is 0 Å². The largest absolute Gasteiger partial charge is 0.103 e. The average molecular weight is 353 g/mol. The highest BCUT2D eigenvalue weighted by molar-refractivity contribution is 7.15. The molecule has 24 heavy (non-hydrogen) atoms. The Morgan fingerprint density at radius 2 is 1.17 bits per heavy atom. The summed E-state index contributed by atoms with van der Waals surface area (Å²) in [5.74, 6) is 0. The van der Waals surface area contributed by atoms with Gasteiger partial charge in [0.2, 0.25) is 0 Å². The van der Waals surface area contributed by atoms with Crippen LogP contribution in [0.15, 0.2) is 71.6 Å². The van der Waals surface area contributed by atoms with E-state index >= 15 is 0 Å². The summed E-state index contributed by atoms with van der Waals surface area (Å²) in [5.41, 5.74) is 0. The van der Waals surface area contributed by atoms with Crippen LogP contribution >= 0.6 is 0 Å². The first-order valence-electron chi connectivity index (χ1n) is 9.23. The van der Waals surface area contributed by atoms with E-state index in [-0.39, 0.29) is 0 Å². The standard InChI is InChI=1S/C22H32Si2/c1-6-7-10-19-22(23(2,3)20-15-11-8-12-16-20)24(4,5)21-17-13-9-14-18-21/h8-9,11-19H,6-7,10H2,1-5H3. The summed E-state index contributed by atoms with van der Waals surface area (Å²) in [6.45, 7) is 12.4. The number of benzene rings is 2. The van der Waals surface area contributed by atoms with Crippen molar-refractivity contribution in [2.75, 3.05) is 0 Å². The van der Waals surface area contributed by atoms with Crippen molar-refractivity contribution in [3.8, 4) is 0 Å². The quantitative estimate of drug-likeness (QED) is 0.461. The predicted molar refractivity (Wildman–Crippen MR) is 115 cm³/mol. The lowest BCUT2D eigenvalue weighted by Crippen LogP contribution is -2.57. The summed E-state index contributed by atoms with van der Waals surface area (Å²) in [6.07, 6.45) is 6.41. The van der Waals surface area contributed by atoms with Crippen LogP contribution < -0.4 is 10.4 Å². The lowest BCUT2D eigenvalue weighted by atomic mass is 10.2. The van der Waals surface area contributed by atoms with Crippen molar-refractivity contribution in [3.63, 3.8) is 0 Å². The van der Waals surface area contributed by atoms with Crippen molar-refractivity contribution >= 4 is 26.5 Å². The summed E-state index contributed by atoms with van der Waals surface area (Å²) in [4.78, 5) is 1.79. The first kappa shape index (κ1) is 18.9. The van der Waals surface area contributed by atoms with Gasteiger partial charge in [0.25, 0.3) is 0 Å². The van der Waals surface area contributed by atoms with Gasteiger partial charge in [-0.15, -0.1) is 0 Å². The normalized spacial score (nSPS) is 12.0. The zero-order valence-corrected chi connectivity index (χ0v) is 18.0. The second-order valence-electron chi connectivity index (χ2n) is 7.74. The van der Waals surface area contributed by atoms with Gasteiger partial charge in [-0.05, 0) is 6.42 Å². The zero-order chi connectivity index (χ0) is 17.6. The topological polar surface area (TPSA) is 0 Å². The molecule has 0 aliphatic carbocycles. The van der Waals surface area contributed by atoms with Gasteiger partial charge < -0.3 is 0 Å². The maximum atomic E-state index is 2.63. The van der Waals surface area contributed by atoms with Crippen molar-refractivity contribution in [3.05, 3.63) is 71.6 Å². The summed E-state index contributed by atoms with van der Waals surface area (Å²) in [5, 5.41) is 3.12. The van der Waals surface area contributed by atoms with Gasteiger partial charge in [0.15, 0.2) is 0 Å². The van der Waals surface area contributed by atoms with Crippen LogP contribution in [-0.4, -0.2) is 16.1 Å². The molecule has 0 fully saturated rings. The third kappa shape index (κ3) is 4.17. The maximum Gasteiger partial charge on any atom is 0.103 e. The first-order valence-corrected chi connectivity index (χ1v) is 15.2. The van der Waals surface area contributed by atoms with Crippen molar-refractivity contribution in [1.82, 2.24) is 0 Å². The lowest BCUT2D eigenvalue weighted by Gasteiger charge is -2.37. The van der Waals surface area contributed by atoms with Crippen LogP contribution in [0.1, 0.15) is 26.2 Å². The van der Waals surface area contributed by atoms with Crippen molar-refractivity contribution in [2.24, 2.45) is 0 Å². The fraction of sp³-hybridized carbons (Fsp3) is 0.364. The molecule has 0 nitrogen and oxygen atoms in total. The molecular weight excluding hydrogens is 320 g/mol. The molecule has 2 heteroatoms. The smallest absolute Gasteiger partial charge is 0.0923 e. The minimum absolute atomic E-state index is 1.22. The van der Waals surface area contributed by atoms with Crippen LogP contribution in [0.2, 0.25) is 26.2 Å². The first-order chi connectivity index (χ1) is 11.4. The third-order valence-corrected chi connectivity index (χ3v) is 15.6. The van der Waals surface area contributed by atoms with E-state index in [2.05, 4.69) is 99.9 Å². The van der Waals surface area contributed by atoms with Gasteiger partial charge in [-0.25, -0.2) is 0 Å². The number of hydrogen-bond acceptors (Lipinski definition) is 0. The summed E-state index contributed by atoms with van der Waals surface area (Å²) < 4.78 is 0. The van der Waals surface area contributed by atoms with E-state index in [0.717, 1.165) is 0 Å². The van der Waals surface area contributed by atoms with Crippen LogP contribution in [0.5, 0.6) is 0 Å². The van der Waals surface area contributed by atoms with E-state index in [1.807, 2.05) is 0 Å². The second kappa shape index (κ2) is 8.13. The Kier molecular flexibility index (Phi) is 6.42. The molecule has 0 N–H and O–H groups in total. The predicted octanol–water partition coefficient (Wildman–Crippen LogP) is 5.41. The van der Waals surface area contributed by atoms with Crippen molar-refractivity contribution in [1.29, 1.82) is 0 Å². The molecule has 2 rings (SSSR count). The lowest BCUT2D eigenvalue weighted by molar-refractivity contribution is 0.814. The van der Waals surface area contributed by atoms with Crippen LogP contribution in [0.25, 0.3) is 0 Å². The molecule has 0 atom stereocenters. The van der Waals surface area contributed by atoms with Crippen LogP contribution in [0, 0.1) is 0 Å². The molecule has 0 aliphatic rings. The Hall–Kier alpha value is -1.39. The van der Waals surface area contributed by atoms with Gasteiger partial charge in [0.05, 0.1) is 0 Å². The summed E-state index contributed by atoms with van der Waals surface area (Å²) in [6, 6.07) is 22.4. The van der Waals surface area contributed by atoms with Crippen molar-refractivity contribution in [2.45, 2.75) is 52.4 Å². The van der Waals surface area contributed by atoms with Gasteiger partial charge in [-0.1, -0.05) is 128 Å². The number of hydrogen-bond donors (Lipinski definition) is 0. The third-order valence-electron chi connectivity index (χ3n) is 5.24. The van der Waals surface area contributed by atoms with Gasteiger partial charge in [-0.3, -0.25) is 0 Å². The zero-order valence-electron chi connectivity index (χ0n) is 16.0. The highest BCUT2D eigenvalue weighted by Crippen LogP contribution is 2.27. The monoisotopic (exact) mass is 352 g/mol. The minimum atomic E-state index is -1.65. The molecule has 0 aromatic heterocycles. The summed E-state index contributed by atoms with van der Waals surface area (Å²) >= 11 is 0. The van der Waals surface area contributed by atoms with Crippen LogP contribution in [0.3, 0.4) is 0 Å². The van der Waals surface area contributed by atoms with Gasteiger partial charge >= 0.3 is 0 Å². The number of unbranched alkanes of at least 4 members (excludes halogenated alkanes) is 2. The Morgan fingerprint density at radius 1 is 0.750 bits per heavy atom. The van der Waals surface area contributed by atoms with Crippen LogP contribution in [-0.2, 0) is 0 Å². The van der Waals surface area contributed by atoms with Gasteiger partial charge in [-0.2, -0.15) is 0 Å². The molecule has 0 amide bonds. The molecule has 0 saturated carbocycles. The maximum absolute atomic E-state index is 2.63. The van der Waals surface area contributed by atoms with E-state index in [1.54, 1.807) is 15.2 Å². The average Bonchev–Trinajstić information content (AvgIpc) is 2.60. The van der Waals surface area contributed by atoms with Gasteiger partial charge in [0, 0.05) is 0 Å². The highest BCUT2D eigenvalue weighted by atomic mass is 28.4. The Labute approximate surface area is 150 Å². The molecule has 128 valence electrons. The molecule has 0 radical (unpaired) electrons. The van der Waals surface area contributed by atoms with E-state index < -0.39 is 16.1 Å². The van der Waals surface area contributed by atoms with E-state index in [1.165, 1.54) is 19.3 Å². The Balaban J connectivity index is 2.51. The SMILES string of the molecule is CCCCC=C([Si](C)(C)c1ccccc1)[Si](C)(C)c1ccccc1. The number of rotatable bonds is 7. The molecule has 0 heterocycles. The fourth-order valence-corrected chi connectivity index (χ4v) is 14.9. The second-order valence-corrected chi connectivity index (χ2v) is 17.0. The van der Waals surface area contributed by atoms with E-state index in [0.29, 0.717) is 0 Å². The fourth-order valence-electron chi connectivity index (χ4n) is 3.76. The minimum Gasteiger partial charge on any atom is -0.0923 e. The summed E-state index contributed by atoms with van der Waals surface area (Å²) in [7, 11) is -3.31. The van der Waals surface area contributed by atoms with Crippen molar-refractivity contribution < 1.29 is 0 Å². The van der Waals surface area contributed by atoms with E-state index in [4.69, 9.17) is 0 Å². The number of allylic oxidation sites excluding steroid dienone is 1. The van der Waals surface area contributed by atoms with Crippen LogP contribution in [0.4, 0.5) is 0 Å². The molecule has 0 bridgehead atoms. The Bertz CT molecular complexity index is 601. The molecule has 0 saturated heterocycles. The molecular formula is C22H32Si2. The van der Waals surface area contributed by atoms with Gasteiger partial charge in [0.1, 0.15) is 16.1 Å². The Morgan fingerprint density at radius 3 is 1.54 bits per heavy atom. The molecule has 2 aromatic rings.